The van der Waals surface area contributed by atoms with Crippen molar-refractivity contribution in [2.24, 2.45) is 0 Å². The molecule has 96 valence electrons. The van der Waals surface area contributed by atoms with Crippen LogP contribution in [0.1, 0.15) is 32.3 Å². The fourth-order valence-electron chi connectivity index (χ4n) is 2.41. The zero-order chi connectivity index (χ0) is 12.9. The average Bonchev–Trinajstić information content (AvgIpc) is 2.36. The lowest BCUT2D eigenvalue weighted by atomic mass is 9.84. The van der Waals surface area contributed by atoms with Gasteiger partial charge in [0, 0.05) is 6.04 Å². The van der Waals surface area contributed by atoms with Gasteiger partial charge in [-0.1, -0.05) is 44.2 Å². The van der Waals surface area contributed by atoms with Gasteiger partial charge in [-0.15, -0.1) is 0 Å². The van der Waals surface area contributed by atoms with Gasteiger partial charge in [-0.2, -0.15) is 0 Å². The lowest BCUT2D eigenvalue weighted by Gasteiger charge is -2.39. The molecule has 2 heteroatoms. The molecule has 0 aliphatic carbocycles. The molecule has 0 unspecified atom stereocenters. The Hall–Kier alpha value is -0.860. The van der Waals surface area contributed by atoms with Gasteiger partial charge in [0.15, 0.2) is 0 Å². The molecule has 0 fully saturated rings. The van der Waals surface area contributed by atoms with Gasteiger partial charge in [0.05, 0.1) is 5.60 Å². The van der Waals surface area contributed by atoms with Crippen molar-refractivity contribution in [1.29, 1.82) is 0 Å². The number of likely N-dealkylation sites (N-methyl/N-ethyl adjacent to an activating group) is 1. The van der Waals surface area contributed by atoms with Crippen molar-refractivity contribution in [2.45, 2.75) is 44.8 Å². The van der Waals surface area contributed by atoms with E-state index >= 15 is 0 Å². The Bertz CT molecular complexity index is 317. The van der Waals surface area contributed by atoms with E-state index in [4.69, 9.17) is 0 Å². The van der Waals surface area contributed by atoms with Crippen molar-refractivity contribution in [3.05, 3.63) is 35.9 Å². The molecule has 0 saturated carbocycles. The van der Waals surface area contributed by atoms with Crippen molar-refractivity contribution < 1.29 is 5.11 Å². The average molecular weight is 235 g/mol. The molecule has 17 heavy (non-hydrogen) atoms. The van der Waals surface area contributed by atoms with Crippen LogP contribution in [-0.2, 0) is 6.42 Å². The standard InChI is InChI=1S/C15H25NO/c1-5-15(17,6-2)14(16(3)4)12-13-10-8-7-9-11-13/h7-11,14,17H,5-6,12H2,1-4H3/t14-/m0/s1. The lowest BCUT2D eigenvalue weighted by Crippen LogP contribution is -2.50. The molecule has 0 aromatic heterocycles. The number of rotatable bonds is 6. The van der Waals surface area contributed by atoms with E-state index in [0.717, 1.165) is 19.3 Å². The molecule has 1 aromatic rings. The summed E-state index contributed by atoms with van der Waals surface area (Å²) in [6, 6.07) is 10.6. The minimum atomic E-state index is -0.598. The SMILES string of the molecule is CCC(O)(CC)[C@H](Cc1ccccc1)N(C)C. The summed E-state index contributed by atoms with van der Waals surface area (Å²) in [6.45, 7) is 4.12. The van der Waals surface area contributed by atoms with Crippen molar-refractivity contribution in [3.8, 4) is 0 Å². The van der Waals surface area contributed by atoms with Crippen LogP contribution in [0.25, 0.3) is 0 Å². The Morgan fingerprint density at radius 1 is 1.12 bits per heavy atom. The molecule has 1 aromatic carbocycles. The maximum absolute atomic E-state index is 10.7. The summed E-state index contributed by atoms with van der Waals surface area (Å²) in [5.74, 6) is 0. The van der Waals surface area contributed by atoms with Crippen LogP contribution in [0.3, 0.4) is 0 Å². The lowest BCUT2D eigenvalue weighted by molar-refractivity contribution is -0.0395. The first-order valence-electron chi connectivity index (χ1n) is 6.46. The fraction of sp³-hybridized carbons (Fsp3) is 0.600. The first-order chi connectivity index (χ1) is 8.03. The highest BCUT2D eigenvalue weighted by molar-refractivity contribution is 5.17. The molecular weight excluding hydrogens is 210 g/mol. The smallest absolute Gasteiger partial charge is 0.0800 e. The van der Waals surface area contributed by atoms with Gasteiger partial charge in [-0.05, 0) is 38.9 Å². The molecule has 0 amide bonds. The number of nitrogens with zero attached hydrogens (tertiary/aromatic N) is 1. The number of benzene rings is 1. The molecule has 0 heterocycles. The summed E-state index contributed by atoms with van der Waals surface area (Å²) >= 11 is 0. The summed E-state index contributed by atoms with van der Waals surface area (Å²) in [5.41, 5.74) is 0.686. The second kappa shape index (κ2) is 6.18. The van der Waals surface area contributed by atoms with Gasteiger partial charge >= 0.3 is 0 Å². The van der Waals surface area contributed by atoms with Crippen molar-refractivity contribution in [3.63, 3.8) is 0 Å². The Balaban J connectivity index is 2.87. The van der Waals surface area contributed by atoms with Crippen LogP contribution in [0.15, 0.2) is 30.3 Å². The zero-order valence-electron chi connectivity index (χ0n) is 11.5. The van der Waals surface area contributed by atoms with Crippen LogP contribution in [0.4, 0.5) is 0 Å². The van der Waals surface area contributed by atoms with Gasteiger partial charge in [0.2, 0.25) is 0 Å². The molecule has 0 aliphatic heterocycles. The topological polar surface area (TPSA) is 23.5 Å². The van der Waals surface area contributed by atoms with Gasteiger partial charge in [0.25, 0.3) is 0 Å². The third-order valence-corrected chi connectivity index (χ3v) is 3.74. The van der Waals surface area contributed by atoms with E-state index in [1.54, 1.807) is 0 Å². The van der Waals surface area contributed by atoms with E-state index in [1.165, 1.54) is 5.56 Å². The second-order valence-corrected chi connectivity index (χ2v) is 4.98. The third kappa shape index (κ3) is 3.55. The first kappa shape index (κ1) is 14.2. The van der Waals surface area contributed by atoms with Crippen LogP contribution >= 0.6 is 0 Å². The van der Waals surface area contributed by atoms with Gasteiger partial charge in [-0.3, -0.25) is 0 Å². The Labute approximate surface area is 105 Å². The summed E-state index contributed by atoms with van der Waals surface area (Å²) < 4.78 is 0. The molecule has 1 N–H and O–H groups in total. The minimum Gasteiger partial charge on any atom is -0.388 e. The summed E-state index contributed by atoms with van der Waals surface area (Å²) in [7, 11) is 4.09. The molecule has 0 aliphatic rings. The Morgan fingerprint density at radius 3 is 2.06 bits per heavy atom. The first-order valence-corrected chi connectivity index (χ1v) is 6.46. The fourth-order valence-corrected chi connectivity index (χ4v) is 2.41. The third-order valence-electron chi connectivity index (χ3n) is 3.74. The largest absolute Gasteiger partial charge is 0.388 e. The monoisotopic (exact) mass is 235 g/mol. The summed E-state index contributed by atoms with van der Waals surface area (Å²) in [5, 5.41) is 10.7. The van der Waals surface area contributed by atoms with Gasteiger partial charge in [0.1, 0.15) is 0 Å². The maximum Gasteiger partial charge on any atom is 0.0800 e. The van der Waals surface area contributed by atoms with E-state index in [-0.39, 0.29) is 6.04 Å². The minimum absolute atomic E-state index is 0.167. The van der Waals surface area contributed by atoms with Crippen LogP contribution in [-0.4, -0.2) is 35.7 Å². The van der Waals surface area contributed by atoms with Crippen molar-refractivity contribution in [2.75, 3.05) is 14.1 Å². The molecule has 0 bridgehead atoms. The van der Waals surface area contributed by atoms with Crippen molar-refractivity contribution in [1.82, 2.24) is 4.90 Å². The van der Waals surface area contributed by atoms with Crippen LogP contribution in [0, 0.1) is 0 Å². The molecule has 0 spiro atoms. The predicted molar refractivity (Wildman–Crippen MR) is 73.2 cm³/mol. The van der Waals surface area contributed by atoms with Crippen LogP contribution < -0.4 is 0 Å². The molecule has 2 nitrogen and oxygen atoms in total. The highest BCUT2D eigenvalue weighted by Gasteiger charge is 2.34. The highest BCUT2D eigenvalue weighted by Crippen LogP contribution is 2.25. The van der Waals surface area contributed by atoms with E-state index in [0.29, 0.717) is 0 Å². The quantitative estimate of drug-likeness (QED) is 0.819. The molecule has 1 rings (SSSR count). The van der Waals surface area contributed by atoms with Crippen LogP contribution in [0.5, 0.6) is 0 Å². The Morgan fingerprint density at radius 2 is 1.65 bits per heavy atom. The van der Waals surface area contributed by atoms with Gasteiger partial charge < -0.3 is 10.0 Å². The normalized spacial score (nSPS) is 14.0. The maximum atomic E-state index is 10.7. The van der Waals surface area contributed by atoms with E-state index in [9.17, 15) is 5.11 Å². The molecular formula is C15H25NO. The second-order valence-electron chi connectivity index (χ2n) is 4.98. The molecule has 0 saturated heterocycles. The number of hydrogen-bond donors (Lipinski definition) is 1. The molecule has 1 atom stereocenters. The Kier molecular flexibility index (Phi) is 5.16. The predicted octanol–water partition coefficient (Wildman–Crippen LogP) is 2.71. The molecule has 0 radical (unpaired) electrons. The van der Waals surface area contributed by atoms with E-state index < -0.39 is 5.60 Å². The van der Waals surface area contributed by atoms with Crippen molar-refractivity contribution >= 4 is 0 Å². The summed E-state index contributed by atoms with van der Waals surface area (Å²) in [4.78, 5) is 2.14. The van der Waals surface area contributed by atoms with Gasteiger partial charge in [-0.25, -0.2) is 0 Å². The van der Waals surface area contributed by atoms with Crippen LogP contribution in [0.2, 0.25) is 0 Å². The number of hydrogen-bond acceptors (Lipinski definition) is 2. The van der Waals surface area contributed by atoms with E-state index in [1.807, 2.05) is 20.2 Å². The highest BCUT2D eigenvalue weighted by atomic mass is 16.3. The summed E-state index contributed by atoms with van der Waals surface area (Å²) in [6.07, 6.45) is 2.48. The zero-order valence-corrected chi connectivity index (χ0v) is 11.5. The number of aliphatic hydroxyl groups is 1. The van der Waals surface area contributed by atoms with E-state index in [2.05, 4.69) is 43.0 Å².